The van der Waals surface area contributed by atoms with Gasteiger partial charge in [-0.3, -0.25) is 19.6 Å². The third-order valence-corrected chi connectivity index (χ3v) is 6.21. The molecule has 1 fully saturated rings. The Bertz CT molecular complexity index is 759. The number of carbonyl (C=O) groups is 3. The summed E-state index contributed by atoms with van der Waals surface area (Å²) in [6.45, 7) is 8.42. The summed E-state index contributed by atoms with van der Waals surface area (Å²) in [4.78, 5) is 37.4. The van der Waals surface area contributed by atoms with Crippen molar-refractivity contribution in [2.24, 2.45) is 11.3 Å². The lowest BCUT2D eigenvalue weighted by Gasteiger charge is -2.34. The van der Waals surface area contributed by atoms with Crippen LogP contribution in [0.1, 0.15) is 58.9 Å². The van der Waals surface area contributed by atoms with Gasteiger partial charge in [0, 0.05) is 13.2 Å². The smallest absolute Gasteiger partial charge is 0.243 e. The molecule has 8 heteroatoms. The van der Waals surface area contributed by atoms with Crippen LogP contribution in [0.15, 0.2) is 30.3 Å². The summed E-state index contributed by atoms with van der Waals surface area (Å²) in [5.74, 6) is -1.29. The van der Waals surface area contributed by atoms with Gasteiger partial charge < -0.3 is 15.4 Å². The molecule has 2 rings (SSSR count). The molecule has 0 radical (unpaired) electrons. The van der Waals surface area contributed by atoms with E-state index in [1.54, 1.807) is 6.92 Å². The molecule has 3 N–H and O–H groups in total. The largest absolute Gasteiger partial charge is 0.376 e. The van der Waals surface area contributed by atoms with Crippen LogP contribution in [-0.4, -0.2) is 59.8 Å². The van der Waals surface area contributed by atoms with Crippen LogP contribution in [0.25, 0.3) is 0 Å². The van der Waals surface area contributed by atoms with Crippen LogP contribution in [0.5, 0.6) is 0 Å². The van der Waals surface area contributed by atoms with Crippen LogP contribution in [0, 0.1) is 11.3 Å². The van der Waals surface area contributed by atoms with E-state index < -0.39 is 23.4 Å². The third kappa shape index (κ3) is 8.44. The molecular weight excluding hydrogens is 422 g/mol. The first-order valence-corrected chi connectivity index (χ1v) is 11.8. The SMILES string of the molecule is C[C@@H](C(CCCc1ccccc1)C(=O)N[C@H](C(=O)NCC1CCCO1)C(C)(C)C)N(O)C=O. The summed E-state index contributed by atoms with van der Waals surface area (Å²) in [6, 6.07) is 8.44. The summed E-state index contributed by atoms with van der Waals surface area (Å²) < 4.78 is 5.57. The van der Waals surface area contributed by atoms with Gasteiger partial charge in [0.05, 0.1) is 18.1 Å². The molecule has 0 aliphatic carbocycles. The van der Waals surface area contributed by atoms with E-state index in [1.807, 2.05) is 51.1 Å². The van der Waals surface area contributed by atoms with Gasteiger partial charge in [0.2, 0.25) is 18.2 Å². The molecule has 0 saturated carbocycles. The zero-order valence-electron chi connectivity index (χ0n) is 20.3. The van der Waals surface area contributed by atoms with Crippen molar-refractivity contribution in [3.8, 4) is 0 Å². The first kappa shape index (κ1) is 26.8. The Morgan fingerprint density at radius 1 is 1.24 bits per heavy atom. The zero-order valence-corrected chi connectivity index (χ0v) is 20.3. The monoisotopic (exact) mass is 461 g/mol. The normalized spacial score (nSPS) is 18.8. The van der Waals surface area contributed by atoms with E-state index in [9.17, 15) is 19.6 Å². The van der Waals surface area contributed by atoms with Crippen LogP contribution in [0.4, 0.5) is 0 Å². The summed E-state index contributed by atoms with van der Waals surface area (Å²) >= 11 is 0. The summed E-state index contributed by atoms with van der Waals surface area (Å²) in [5, 5.41) is 16.3. The average molecular weight is 462 g/mol. The van der Waals surface area contributed by atoms with Crippen LogP contribution >= 0.6 is 0 Å². The Labute approximate surface area is 197 Å². The highest BCUT2D eigenvalue weighted by molar-refractivity contribution is 5.89. The molecule has 8 nitrogen and oxygen atoms in total. The van der Waals surface area contributed by atoms with E-state index in [1.165, 1.54) is 0 Å². The number of nitrogens with one attached hydrogen (secondary N) is 2. The zero-order chi connectivity index (χ0) is 24.4. The summed E-state index contributed by atoms with van der Waals surface area (Å²) in [6.07, 6.45) is 4.13. The first-order chi connectivity index (χ1) is 15.6. The summed E-state index contributed by atoms with van der Waals surface area (Å²) in [7, 11) is 0. The van der Waals surface area contributed by atoms with Crippen molar-refractivity contribution in [3.63, 3.8) is 0 Å². The van der Waals surface area contributed by atoms with Gasteiger partial charge in [-0.05, 0) is 50.0 Å². The van der Waals surface area contributed by atoms with Crippen LogP contribution in [0.3, 0.4) is 0 Å². The highest BCUT2D eigenvalue weighted by Crippen LogP contribution is 2.23. The molecule has 0 bridgehead atoms. The summed E-state index contributed by atoms with van der Waals surface area (Å²) in [5.41, 5.74) is 0.624. The van der Waals surface area contributed by atoms with Crippen molar-refractivity contribution in [2.45, 2.75) is 78.0 Å². The third-order valence-electron chi connectivity index (χ3n) is 6.21. The molecule has 0 spiro atoms. The van der Waals surface area contributed by atoms with Gasteiger partial charge in [0.1, 0.15) is 6.04 Å². The molecule has 1 aromatic carbocycles. The van der Waals surface area contributed by atoms with Gasteiger partial charge in [-0.2, -0.15) is 0 Å². The van der Waals surface area contributed by atoms with E-state index in [4.69, 9.17) is 4.74 Å². The number of ether oxygens (including phenoxy) is 1. The number of hydrogen-bond acceptors (Lipinski definition) is 5. The maximum Gasteiger partial charge on any atom is 0.243 e. The van der Waals surface area contributed by atoms with Crippen LogP contribution in [-0.2, 0) is 25.5 Å². The van der Waals surface area contributed by atoms with Crippen molar-refractivity contribution in [1.29, 1.82) is 0 Å². The predicted octanol–water partition coefficient (Wildman–Crippen LogP) is 2.69. The molecule has 1 heterocycles. The second kappa shape index (κ2) is 12.7. The Hall–Kier alpha value is -2.45. The Morgan fingerprint density at radius 3 is 2.52 bits per heavy atom. The molecule has 1 saturated heterocycles. The molecular formula is C25H39N3O5. The topological polar surface area (TPSA) is 108 Å². The fourth-order valence-electron chi connectivity index (χ4n) is 4.09. The molecule has 1 aliphatic rings. The number of hydrogen-bond donors (Lipinski definition) is 3. The van der Waals surface area contributed by atoms with E-state index in [-0.39, 0.29) is 17.9 Å². The fourth-order valence-corrected chi connectivity index (χ4v) is 4.09. The molecule has 3 amide bonds. The van der Waals surface area contributed by atoms with Gasteiger partial charge in [-0.15, -0.1) is 0 Å². The molecule has 4 atom stereocenters. The predicted molar refractivity (Wildman–Crippen MR) is 125 cm³/mol. The second-order valence-electron chi connectivity index (χ2n) is 9.90. The average Bonchev–Trinajstić information content (AvgIpc) is 3.31. The minimum atomic E-state index is -0.765. The van der Waals surface area contributed by atoms with Crippen molar-refractivity contribution < 1.29 is 24.3 Å². The number of rotatable bonds is 12. The first-order valence-electron chi connectivity index (χ1n) is 11.8. The van der Waals surface area contributed by atoms with Crippen molar-refractivity contribution in [2.75, 3.05) is 13.2 Å². The molecule has 184 valence electrons. The number of carbonyl (C=O) groups excluding carboxylic acids is 3. The van der Waals surface area contributed by atoms with Gasteiger partial charge >= 0.3 is 0 Å². The number of amides is 3. The Morgan fingerprint density at radius 2 is 1.94 bits per heavy atom. The maximum atomic E-state index is 13.3. The van der Waals surface area contributed by atoms with Gasteiger partial charge in [0.15, 0.2) is 0 Å². The Kier molecular flexibility index (Phi) is 10.3. The van der Waals surface area contributed by atoms with Gasteiger partial charge in [0.25, 0.3) is 0 Å². The van der Waals surface area contributed by atoms with Crippen molar-refractivity contribution >= 4 is 18.2 Å². The standard InChI is InChI=1S/C25H39N3O5/c1-18(28(32)17-29)21(14-8-12-19-10-6-5-7-11-19)23(30)27-22(25(2,3)4)24(31)26-16-20-13-9-15-33-20/h5-7,10-11,17-18,20-22,32H,8-9,12-16H2,1-4H3,(H,26,31)(H,27,30)/t18-,20?,21?,22+/m0/s1. The molecule has 1 aliphatic heterocycles. The maximum absolute atomic E-state index is 13.3. The lowest BCUT2D eigenvalue weighted by atomic mass is 9.84. The minimum Gasteiger partial charge on any atom is -0.376 e. The van der Waals surface area contributed by atoms with Gasteiger partial charge in [-0.25, -0.2) is 5.06 Å². The minimum absolute atomic E-state index is 0.00608. The number of nitrogens with zero attached hydrogens (tertiary/aromatic N) is 1. The van der Waals surface area contributed by atoms with Crippen LogP contribution < -0.4 is 10.6 Å². The fraction of sp³-hybridized carbons (Fsp3) is 0.640. The lowest BCUT2D eigenvalue weighted by Crippen LogP contribution is -2.57. The van der Waals surface area contributed by atoms with E-state index >= 15 is 0 Å². The van der Waals surface area contributed by atoms with Crippen molar-refractivity contribution in [3.05, 3.63) is 35.9 Å². The van der Waals surface area contributed by atoms with Crippen LogP contribution in [0.2, 0.25) is 0 Å². The van der Waals surface area contributed by atoms with E-state index in [0.29, 0.717) is 37.5 Å². The molecule has 0 aromatic heterocycles. The van der Waals surface area contributed by atoms with Crippen molar-refractivity contribution in [1.82, 2.24) is 15.7 Å². The molecule has 1 aromatic rings. The Balaban J connectivity index is 2.06. The lowest BCUT2D eigenvalue weighted by molar-refractivity contribution is -0.166. The van der Waals surface area contributed by atoms with E-state index in [0.717, 1.165) is 24.8 Å². The second-order valence-corrected chi connectivity index (χ2v) is 9.90. The number of benzene rings is 1. The number of hydroxylamine groups is 2. The highest BCUT2D eigenvalue weighted by Gasteiger charge is 2.37. The highest BCUT2D eigenvalue weighted by atomic mass is 16.5. The molecule has 2 unspecified atom stereocenters. The van der Waals surface area contributed by atoms with E-state index in [2.05, 4.69) is 10.6 Å². The molecule has 33 heavy (non-hydrogen) atoms. The number of aryl methyl sites for hydroxylation is 1. The van der Waals surface area contributed by atoms with Gasteiger partial charge in [-0.1, -0.05) is 51.1 Å². The quantitative estimate of drug-likeness (QED) is 0.252.